The van der Waals surface area contributed by atoms with Crippen LogP contribution in [0.2, 0.25) is 0 Å². The van der Waals surface area contributed by atoms with Gasteiger partial charge in [-0.2, -0.15) is 0 Å². The van der Waals surface area contributed by atoms with Crippen LogP contribution in [0, 0.1) is 0 Å². The first-order valence-electron chi connectivity index (χ1n) is 18.7. The number of aliphatic carboxylic acids is 2. The quantitative estimate of drug-likeness (QED) is 0.0560. The summed E-state index contributed by atoms with van der Waals surface area (Å²) in [6.45, 7) is 8.19. The van der Waals surface area contributed by atoms with Crippen LogP contribution >= 0.6 is 0 Å². The van der Waals surface area contributed by atoms with E-state index in [9.17, 15) is 29.4 Å². The molecule has 270 valence electrons. The molecule has 10 heteroatoms. The van der Waals surface area contributed by atoms with Crippen molar-refractivity contribution >= 4 is 23.8 Å². The molecule has 0 aliphatic carbocycles. The molecular formula is C36H70N4O6. The highest BCUT2D eigenvalue weighted by Gasteiger charge is 2.13. The van der Waals surface area contributed by atoms with Crippen molar-refractivity contribution in [3.8, 4) is 0 Å². The number of carboxylic acids is 2. The van der Waals surface area contributed by atoms with Crippen LogP contribution in [0.5, 0.6) is 0 Å². The molecule has 0 heterocycles. The van der Waals surface area contributed by atoms with Crippen molar-refractivity contribution in [2.45, 2.75) is 155 Å². The van der Waals surface area contributed by atoms with Gasteiger partial charge in [-0.3, -0.25) is 29.0 Å². The number of amides is 2. The van der Waals surface area contributed by atoms with Crippen molar-refractivity contribution in [1.29, 1.82) is 0 Å². The van der Waals surface area contributed by atoms with Crippen LogP contribution in [0.15, 0.2) is 0 Å². The number of carbonyl (C=O) groups excluding carboxylic acids is 2. The van der Waals surface area contributed by atoms with E-state index in [1.165, 1.54) is 89.9 Å². The fourth-order valence-corrected chi connectivity index (χ4v) is 5.54. The molecule has 0 aromatic carbocycles. The minimum Gasteiger partial charge on any atom is -0.481 e. The van der Waals surface area contributed by atoms with E-state index in [-0.39, 0.29) is 24.7 Å². The normalized spacial score (nSPS) is 11.3. The van der Waals surface area contributed by atoms with Gasteiger partial charge >= 0.3 is 11.9 Å². The first-order valence-corrected chi connectivity index (χ1v) is 18.7. The molecule has 0 radical (unpaired) electrons. The third-order valence-electron chi connectivity index (χ3n) is 8.53. The average Bonchev–Trinajstić information content (AvgIpc) is 3.02. The monoisotopic (exact) mass is 655 g/mol. The number of rotatable bonds is 35. The van der Waals surface area contributed by atoms with E-state index in [1.54, 1.807) is 0 Å². The molecule has 0 saturated carbocycles. The van der Waals surface area contributed by atoms with Gasteiger partial charge in [-0.15, -0.1) is 0 Å². The number of nitrogens with one attached hydrogen (secondary N) is 2. The number of hydrogen-bond donors (Lipinski definition) is 4. The molecule has 0 aliphatic heterocycles. The zero-order chi connectivity index (χ0) is 34.1. The van der Waals surface area contributed by atoms with Crippen LogP contribution in [0.4, 0.5) is 0 Å². The van der Waals surface area contributed by atoms with E-state index >= 15 is 0 Å². The Labute approximate surface area is 280 Å². The van der Waals surface area contributed by atoms with Crippen molar-refractivity contribution in [2.75, 3.05) is 52.4 Å². The second-order valence-corrected chi connectivity index (χ2v) is 12.8. The Morgan fingerprint density at radius 2 is 0.717 bits per heavy atom. The lowest BCUT2D eigenvalue weighted by molar-refractivity contribution is -0.138. The molecule has 0 spiro atoms. The molecule has 10 nitrogen and oxygen atoms in total. The summed E-state index contributed by atoms with van der Waals surface area (Å²) < 4.78 is 0. The van der Waals surface area contributed by atoms with Crippen molar-refractivity contribution in [3.05, 3.63) is 0 Å². The van der Waals surface area contributed by atoms with Crippen LogP contribution in [-0.2, 0) is 19.2 Å². The summed E-state index contributed by atoms with van der Waals surface area (Å²) in [6, 6.07) is 0. The van der Waals surface area contributed by atoms with Gasteiger partial charge in [0, 0.05) is 65.2 Å². The third-order valence-corrected chi connectivity index (χ3v) is 8.53. The Morgan fingerprint density at radius 3 is 1.02 bits per heavy atom. The molecule has 4 N–H and O–H groups in total. The minimum absolute atomic E-state index is 0.00354. The number of unbranched alkanes of at least 4 members (excludes halogenated alkanes) is 16. The Balaban J connectivity index is 4.39. The average molecular weight is 655 g/mol. The van der Waals surface area contributed by atoms with Gasteiger partial charge in [-0.05, 0) is 12.8 Å². The highest BCUT2D eigenvalue weighted by Crippen LogP contribution is 2.11. The molecule has 0 saturated heterocycles. The van der Waals surface area contributed by atoms with Gasteiger partial charge in [0.1, 0.15) is 0 Å². The summed E-state index contributed by atoms with van der Waals surface area (Å²) in [6.07, 6.45) is 22.7. The summed E-state index contributed by atoms with van der Waals surface area (Å²) >= 11 is 0. The second kappa shape index (κ2) is 32.7. The number of nitrogens with zero attached hydrogens (tertiary/aromatic N) is 2. The highest BCUT2D eigenvalue weighted by molar-refractivity contribution is 5.76. The van der Waals surface area contributed by atoms with Crippen LogP contribution in [0.3, 0.4) is 0 Å². The second-order valence-electron chi connectivity index (χ2n) is 12.8. The number of carbonyl (C=O) groups is 4. The smallest absolute Gasteiger partial charge is 0.304 e. The summed E-state index contributed by atoms with van der Waals surface area (Å²) in [5.41, 5.74) is 0. The van der Waals surface area contributed by atoms with Crippen molar-refractivity contribution in [2.24, 2.45) is 0 Å². The van der Waals surface area contributed by atoms with Crippen molar-refractivity contribution in [3.63, 3.8) is 0 Å². The Morgan fingerprint density at radius 1 is 0.413 bits per heavy atom. The zero-order valence-corrected chi connectivity index (χ0v) is 29.6. The molecule has 0 rings (SSSR count). The SMILES string of the molecule is CCCCCCCCCCCC(=O)NCCN(CCC(=O)O)CCN(CCNC(=O)CCCCCCCCCCC)CCC(=O)O. The van der Waals surface area contributed by atoms with Crippen molar-refractivity contribution < 1.29 is 29.4 Å². The first kappa shape index (κ1) is 43.8. The maximum atomic E-state index is 12.3. The summed E-state index contributed by atoms with van der Waals surface area (Å²) in [4.78, 5) is 51.1. The Hall–Kier alpha value is -2.20. The minimum atomic E-state index is -0.878. The predicted octanol–water partition coefficient (Wildman–Crippen LogP) is 6.61. The topological polar surface area (TPSA) is 139 Å². The lowest BCUT2D eigenvalue weighted by Crippen LogP contribution is -2.43. The third kappa shape index (κ3) is 31.8. The molecule has 0 fully saturated rings. The van der Waals surface area contributed by atoms with E-state index in [0.29, 0.717) is 65.2 Å². The molecule has 0 aliphatic rings. The highest BCUT2D eigenvalue weighted by atomic mass is 16.4. The van der Waals surface area contributed by atoms with Crippen molar-refractivity contribution in [1.82, 2.24) is 20.4 Å². The zero-order valence-electron chi connectivity index (χ0n) is 29.6. The number of hydrogen-bond acceptors (Lipinski definition) is 6. The molecule has 0 aromatic rings. The van der Waals surface area contributed by atoms with Gasteiger partial charge in [0.2, 0.25) is 11.8 Å². The van der Waals surface area contributed by atoms with Crippen LogP contribution < -0.4 is 10.6 Å². The lowest BCUT2D eigenvalue weighted by atomic mass is 10.1. The van der Waals surface area contributed by atoms with Crippen LogP contribution in [0.25, 0.3) is 0 Å². The Bertz CT molecular complexity index is 705. The molecule has 0 aromatic heterocycles. The molecule has 46 heavy (non-hydrogen) atoms. The van der Waals surface area contributed by atoms with E-state index in [2.05, 4.69) is 24.5 Å². The molecule has 0 atom stereocenters. The fraction of sp³-hybridized carbons (Fsp3) is 0.889. The van der Waals surface area contributed by atoms with Gasteiger partial charge in [-0.1, -0.05) is 117 Å². The molecular weight excluding hydrogens is 584 g/mol. The van der Waals surface area contributed by atoms with E-state index in [0.717, 1.165) is 25.7 Å². The maximum Gasteiger partial charge on any atom is 0.304 e. The standard InChI is InChI=1S/C36H70N4O6/c1-3-5-7-9-11-13-15-17-19-21-33(41)37-25-29-39(27-23-35(43)44)31-32-40(28-24-36(45)46)30-26-38-34(42)22-20-18-16-14-12-10-8-6-4-2/h3-32H2,1-2H3,(H,37,41)(H,38,42)(H,43,44)(H,45,46). The Kier molecular flexibility index (Phi) is 31.2. The van der Waals surface area contributed by atoms with Gasteiger partial charge in [-0.25, -0.2) is 0 Å². The van der Waals surface area contributed by atoms with Gasteiger partial charge in [0.25, 0.3) is 0 Å². The van der Waals surface area contributed by atoms with E-state index in [1.807, 2.05) is 9.80 Å². The van der Waals surface area contributed by atoms with E-state index < -0.39 is 11.9 Å². The summed E-state index contributed by atoms with van der Waals surface area (Å²) in [5.74, 6) is -1.70. The molecule has 0 unspecified atom stereocenters. The molecule has 0 bridgehead atoms. The molecule has 2 amide bonds. The van der Waals surface area contributed by atoms with Gasteiger partial charge in [0.15, 0.2) is 0 Å². The predicted molar refractivity (Wildman–Crippen MR) is 187 cm³/mol. The van der Waals surface area contributed by atoms with Gasteiger partial charge < -0.3 is 20.8 Å². The maximum absolute atomic E-state index is 12.3. The largest absolute Gasteiger partial charge is 0.481 e. The van der Waals surface area contributed by atoms with Gasteiger partial charge in [0.05, 0.1) is 12.8 Å². The van der Waals surface area contributed by atoms with Crippen LogP contribution in [0.1, 0.15) is 155 Å². The number of carboxylic acid groups (broad SMARTS) is 2. The lowest BCUT2D eigenvalue weighted by Gasteiger charge is -2.27. The van der Waals surface area contributed by atoms with E-state index in [4.69, 9.17) is 0 Å². The summed E-state index contributed by atoms with van der Waals surface area (Å²) in [5, 5.41) is 24.4. The fourth-order valence-electron chi connectivity index (χ4n) is 5.54. The summed E-state index contributed by atoms with van der Waals surface area (Å²) in [7, 11) is 0. The van der Waals surface area contributed by atoms with Crippen LogP contribution in [-0.4, -0.2) is 96.1 Å². The first-order chi connectivity index (χ1) is 22.3.